The molecule has 6 nitrogen and oxygen atoms in total. The van der Waals surface area contributed by atoms with Crippen LogP contribution in [0, 0.1) is 5.82 Å². The molecule has 1 heterocycles. The van der Waals surface area contributed by atoms with Gasteiger partial charge in [0, 0.05) is 10.9 Å². The average molecular weight is 562 g/mol. The molecule has 0 aromatic heterocycles. The molecule has 1 amide bonds. The lowest BCUT2D eigenvalue weighted by molar-refractivity contribution is -0.154. The lowest BCUT2D eigenvalue weighted by atomic mass is 9.92. The largest absolute Gasteiger partial charge is 0.489 e. The van der Waals surface area contributed by atoms with Gasteiger partial charge in [-0.3, -0.25) is 4.90 Å². The van der Waals surface area contributed by atoms with Crippen LogP contribution in [-0.2, 0) is 20.9 Å². The van der Waals surface area contributed by atoms with Crippen LogP contribution >= 0.6 is 15.9 Å². The van der Waals surface area contributed by atoms with Crippen LogP contribution < -0.4 is 4.74 Å². The number of carbonyl (C=O) groups excluding carboxylic acids is 2. The van der Waals surface area contributed by atoms with Crippen molar-refractivity contribution in [1.82, 2.24) is 4.90 Å². The Morgan fingerprint density at radius 3 is 2.58 bits per heavy atom. The third kappa shape index (κ3) is 6.46. The van der Waals surface area contributed by atoms with Crippen LogP contribution in [0.25, 0.3) is 0 Å². The summed E-state index contributed by atoms with van der Waals surface area (Å²) in [6.45, 7) is 5.44. The first-order valence-corrected chi connectivity index (χ1v) is 13.0. The van der Waals surface area contributed by atoms with Crippen LogP contribution in [0.15, 0.2) is 60.7 Å². The maximum absolute atomic E-state index is 14.0. The molecule has 0 N–H and O–H groups in total. The van der Waals surface area contributed by atoms with Crippen molar-refractivity contribution in [3.8, 4) is 5.75 Å². The Bertz CT molecular complexity index is 1100. The van der Waals surface area contributed by atoms with Gasteiger partial charge in [0.2, 0.25) is 0 Å². The number of esters is 1. The number of amides is 1. The predicted molar refractivity (Wildman–Crippen MR) is 140 cm³/mol. The van der Waals surface area contributed by atoms with Gasteiger partial charge >= 0.3 is 12.1 Å². The van der Waals surface area contributed by atoms with Crippen molar-refractivity contribution in [3.63, 3.8) is 0 Å². The molecule has 0 saturated carbocycles. The highest BCUT2D eigenvalue weighted by atomic mass is 79.9. The first-order valence-electron chi connectivity index (χ1n) is 11.9. The van der Waals surface area contributed by atoms with Gasteiger partial charge in [0.15, 0.2) is 0 Å². The van der Waals surface area contributed by atoms with Crippen molar-refractivity contribution in [3.05, 3.63) is 77.6 Å². The quantitative estimate of drug-likeness (QED) is 0.203. The maximum atomic E-state index is 14.0. The third-order valence-electron chi connectivity index (χ3n) is 6.07. The number of hydrogen-bond donors (Lipinski definition) is 0. The average Bonchev–Trinajstić information content (AvgIpc) is 3.23. The Kier molecular flexibility index (Phi) is 9.17. The fraction of sp³-hybridized carbons (Fsp3) is 0.429. The van der Waals surface area contributed by atoms with E-state index in [1.54, 1.807) is 45.0 Å². The fourth-order valence-electron chi connectivity index (χ4n) is 4.46. The maximum Gasteiger partial charge on any atom is 0.411 e. The molecule has 1 saturated heterocycles. The van der Waals surface area contributed by atoms with Gasteiger partial charge in [0.05, 0.1) is 13.2 Å². The van der Waals surface area contributed by atoms with Crippen LogP contribution in [0.5, 0.6) is 5.75 Å². The lowest BCUT2D eigenvalue weighted by Crippen LogP contribution is -2.55. The molecule has 1 fully saturated rings. The molecule has 0 spiro atoms. The SMILES string of the molecule is COC(=O)[C@]1(C/C=C\CBr)CC[C@H](c2cccc(OCc3ccccc3F)c2)N1C(=O)OC(C)(C)C. The fourth-order valence-corrected chi connectivity index (χ4v) is 4.72. The second-order valence-electron chi connectivity index (χ2n) is 9.71. The molecule has 0 unspecified atom stereocenters. The summed E-state index contributed by atoms with van der Waals surface area (Å²) < 4.78 is 30.8. The number of methoxy groups -OCH3 is 1. The number of ether oxygens (including phenoxy) is 3. The van der Waals surface area contributed by atoms with Gasteiger partial charge in [0.1, 0.15) is 29.3 Å². The minimum Gasteiger partial charge on any atom is -0.489 e. The summed E-state index contributed by atoms with van der Waals surface area (Å²) in [6, 6.07) is 13.3. The van der Waals surface area contributed by atoms with Crippen LogP contribution in [0.4, 0.5) is 9.18 Å². The number of alkyl halides is 1. The van der Waals surface area contributed by atoms with E-state index in [1.165, 1.54) is 18.1 Å². The highest BCUT2D eigenvalue weighted by Crippen LogP contribution is 2.47. The van der Waals surface area contributed by atoms with Crippen LogP contribution in [-0.4, -0.2) is 40.5 Å². The van der Waals surface area contributed by atoms with Gasteiger partial charge in [-0.25, -0.2) is 14.0 Å². The Hall–Kier alpha value is -2.87. The Morgan fingerprint density at radius 1 is 1.17 bits per heavy atom. The molecule has 2 atom stereocenters. The van der Waals surface area contributed by atoms with Crippen LogP contribution in [0.2, 0.25) is 0 Å². The van der Waals surface area contributed by atoms with E-state index in [1.807, 2.05) is 30.4 Å². The molecule has 8 heteroatoms. The van der Waals surface area contributed by atoms with Crippen molar-refractivity contribution >= 4 is 28.0 Å². The second-order valence-corrected chi connectivity index (χ2v) is 10.4. The van der Waals surface area contributed by atoms with Crippen molar-refractivity contribution in [2.45, 2.75) is 63.8 Å². The van der Waals surface area contributed by atoms with Gasteiger partial charge in [-0.2, -0.15) is 0 Å². The summed E-state index contributed by atoms with van der Waals surface area (Å²) in [7, 11) is 1.33. The zero-order valence-electron chi connectivity index (χ0n) is 21.1. The zero-order valence-corrected chi connectivity index (χ0v) is 22.7. The summed E-state index contributed by atoms with van der Waals surface area (Å²) >= 11 is 3.36. The Labute approximate surface area is 220 Å². The molecule has 0 aliphatic carbocycles. The smallest absolute Gasteiger partial charge is 0.411 e. The standard InChI is InChI=1S/C28H33BrFNO5/c1-27(2,3)36-26(33)31-24(14-16-28(31,25(32)34-4)15-7-8-17-29)20-11-9-12-22(18-20)35-19-21-10-5-6-13-23(21)30/h5-13,18,24H,14-17,19H2,1-4H3/b8-7-/t24-,28+/m1/s1. The molecule has 36 heavy (non-hydrogen) atoms. The predicted octanol–water partition coefficient (Wildman–Crippen LogP) is 6.73. The molecule has 3 rings (SSSR count). The third-order valence-corrected chi connectivity index (χ3v) is 6.44. The van der Waals surface area contributed by atoms with E-state index in [4.69, 9.17) is 14.2 Å². The van der Waals surface area contributed by atoms with Crippen LogP contribution in [0.3, 0.4) is 0 Å². The van der Waals surface area contributed by atoms with E-state index in [-0.39, 0.29) is 12.4 Å². The van der Waals surface area contributed by atoms with Gasteiger partial charge in [0.25, 0.3) is 0 Å². The Balaban J connectivity index is 1.96. The zero-order chi connectivity index (χ0) is 26.3. The van der Waals surface area contributed by atoms with Crippen molar-refractivity contribution < 1.29 is 28.2 Å². The molecular weight excluding hydrogens is 529 g/mol. The monoisotopic (exact) mass is 561 g/mol. The van der Waals surface area contributed by atoms with E-state index in [0.717, 1.165) is 5.56 Å². The number of hydrogen-bond acceptors (Lipinski definition) is 5. The van der Waals surface area contributed by atoms with Crippen molar-refractivity contribution in [2.75, 3.05) is 12.4 Å². The summed E-state index contributed by atoms with van der Waals surface area (Å²) in [5, 5.41) is 0.626. The van der Waals surface area contributed by atoms with Crippen molar-refractivity contribution in [1.29, 1.82) is 0 Å². The van der Waals surface area contributed by atoms with E-state index in [2.05, 4.69) is 15.9 Å². The Morgan fingerprint density at radius 2 is 1.92 bits per heavy atom. The number of rotatable bonds is 8. The topological polar surface area (TPSA) is 65.1 Å². The minimum absolute atomic E-state index is 0.0695. The number of benzene rings is 2. The van der Waals surface area contributed by atoms with Gasteiger partial charge < -0.3 is 14.2 Å². The molecule has 1 aliphatic heterocycles. The molecule has 194 valence electrons. The summed E-state index contributed by atoms with van der Waals surface area (Å²) in [5.74, 6) is -0.281. The van der Waals surface area contributed by atoms with E-state index in [0.29, 0.717) is 35.9 Å². The highest BCUT2D eigenvalue weighted by molar-refractivity contribution is 9.09. The van der Waals surface area contributed by atoms with E-state index >= 15 is 0 Å². The van der Waals surface area contributed by atoms with E-state index in [9.17, 15) is 14.0 Å². The number of allylic oxidation sites excluding steroid dienone is 1. The molecule has 0 bridgehead atoms. The van der Waals surface area contributed by atoms with Gasteiger partial charge in [-0.1, -0.05) is 58.4 Å². The van der Waals surface area contributed by atoms with Crippen LogP contribution in [0.1, 0.15) is 57.2 Å². The highest BCUT2D eigenvalue weighted by Gasteiger charge is 2.55. The number of carbonyl (C=O) groups is 2. The number of nitrogens with zero attached hydrogens (tertiary/aromatic N) is 1. The van der Waals surface area contributed by atoms with Crippen molar-refractivity contribution in [2.24, 2.45) is 0 Å². The van der Waals surface area contributed by atoms with E-state index < -0.39 is 29.2 Å². The van der Waals surface area contributed by atoms with Gasteiger partial charge in [-0.05, 0) is 63.8 Å². The number of halogens is 2. The first kappa shape index (κ1) is 27.7. The number of likely N-dealkylation sites (tertiary alicyclic amines) is 1. The molecule has 2 aromatic rings. The molecule has 1 aliphatic rings. The summed E-state index contributed by atoms with van der Waals surface area (Å²) in [5.41, 5.74) is -0.711. The normalized spacial score (nSPS) is 19.9. The molecule has 0 radical (unpaired) electrons. The lowest BCUT2D eigenvalue weighted by Gasteiger charge is -2.39. The minimum atomic E-state index is -1.20. The molecular formula is C28H33BrFNO5. The molecule has 2 aromatic carbocycles. The first-order chi connectivity index (χ1) is 17.1. The summed E-state index contributed by atoms with van der Waals surface area (Å²) in [4.78, 5) is 28.2. The summed E-state index contributed by atoms with van der Waals surface area (Å²) in [6.07, 6.45) is 4.43. The van der Waals surface area contributed by atoms with Gasteiger partial charge in [-0.15, -0.1) is 0 Å². The second kappa shape index (κ2) is 11.9.